The summed E-state index contributed by atoms with van der Waals surface area (Å²) in [5.41, 5.74) is 5.48. The average molecular weight is 292 g/mol. The van der Waals surface area contributed by atoms with E-state index in [2.05, 4.69) is 0 Å². The zero-order valence-corrected chi connectivity index (χ0v) is 12.1. The van der Waals surface area contributed by atoms with E-state index < -0.39 is 10.0 Å². The molecule has 0 fully saturated rings. The Labute approximate surface area is 112 Å². The monoisotopic (exact) mass is 292 g/mol. The van der Waals surface area contributed by atoms with Crippen molar-refractivity contribution < 1.29 is 13.5 Å². The first-order valence-electron chi connectivity index (χ1n) is 5.96. The molecule has 0 unspecified atom stereocenters. The first-order valence-corrected chi connectivity index (χ1v) is 8.21. The number of hydrogen-bond acceptors (Lipinski definition) is 5. The third kappa shape index (κ3) is 3.76. The van der Waals surface area contributed by atoms with Crippen molar-refractivity contribution in [2.75, 3.05) is 19.7 Å². The lowest BCUT2D eigenvalue weighted by atomic mass is 10.3. The van der Waals surface area contributed by atoms with Crippen LogP contribution in [0.3, 0.4) is 0 Å². The van der Waals surface area contributed by atoms with Crippen LogP contribution in [0.4, 0.5) is 0 Å². The molecule has 1 rings (SSSR count). The molecule has 0 saturated carbocycles. The van der Waals surface area contributed by atoms with Gasteiger partial charge in [-0.25, -0.2) is 8.42 Å². The normalized spacial score (nSPS) is 12.2. The molecule has 5 nitrogen and oxygen atoms in total. The van der Waals surface area contributed by atoms with Gasteiger partial charge in [-0.3, -0.25) is 0 Å². The third-order valence-corrected chi connectivity index (χ3v) is 6.02. The third-order valence-electron chi connectivity index (χ3n) is 2.54. The van der Waals surface area contributed by atoms with Gasteiger partial charge >= 0.3 is 0 Å². The number of nitrogens with zero attached hydrogens (tertiary/aromatic N) is 1. The van der Waals surface area contributed by atoms with Gasteiger partial charge in [-0.15, -0.1) is 11.3 Å². The molecule has 0 bridgehead atoms. The van der Waals surface area contributed by atoms with Gasteiger partial charge in [0.1, 0.15) is 4.21 Å². The van der Waals surface area contributed by atoms with Gasteiger partial charge in [0.25, 0.3) is 10.0 Å². The van der Waals surface area contributed by atoms with E-state index in [1.807, 2.05) is 6.92 Å². The van der Waals surface area contributed by atoms with E-state index in [-0.39, 0.29) is 13.2 Å². The lowest BCUT2D eigenvalue weighted by molar-refractivity contribution is 0.252. The maximum Gasteiger partial charge on any atom is 0.252 e. The molecule has 0 aliphatic carbocycles. The summed E-state index contributed by atoms with van der Waals surface area (Å²) < 4.78 is 26.3. The van der Waals surface area contributed by atoms with Gasteiger partial charge in [0.05, 0.1) is 6.61 Å². The van der Waals surface area contributed by atoms with Gasteiger partial charge < -0.3 is 10.8 Å². The molecule has 3 N–H and O–H groups in total. The van der Waals surface area contributed by atoms with Crippen LogP contribution in [0.5, 0.6) is 0 Å². The van der Waals surface area contributed by atoms with Crippen LogP contribution >= 0.6 is 11.3 Å². The second-order valence-corrected chi connectivity index (χ2v) is 7.24. The highest BCUT2D eigenvalue weighted by Crippen LogP contribution is 2.24. The standard InChI is InChI=1S/C11H20N2O3S2/c1-2-3-6-13(7-8-14)18(15,16)11-5-4-10(9-12)17-11/h4-5,14H,2-3,6-9,12H2,1H3. The van der Waals surface area contributed by atoms with Crippen molar-refractivity contribution >= 4 is 21.4 Å². The Bertz CT molecular complexity index is 457. The summed E-state index contributed by atoms with van der Waals surface area (Å²) >= 11 is 1.19. The number of nitrogens with two attached hydrogens (primary N) is 1. The number of rotatable bonds is 8. The first-order chi connectivity index (χ1) is 8.56. The summed E-state index contributed by atoms with van der Waals surface area (Å²) in [4.78, 5) is 0.841. The predicted molar refractivity (Wildman–Crippen MR) is 73.0 cm³/mol. The minimum Gasteiger partial charge on any atom is -0.395 e. The highest BCUT2D eigenvalue weighted by atomic mass is 32.2. The van der Waals surface area contributed by atoms with Gasteiger partial charge in [0, 0.05) is 24.5 Å². The lowest BCUT2D eigenvalue weighted by Gasteiger charge is -2.19. The topological polar surface area (TPSA) is 83.6 Å². The number of aliphatic hydroxyl groups excluding tert-OH is 1. The molecule has 0 aromatic carbocycles. The Morgan fingerprint density at radius 1 is 1.39 bits per heavy atom. The number of aliphatic hydroxyl groups is 1. The van der Waals surface area contributed by atoms with Gasteiger partial charge in [0.2, 0.25) is 0 Å². The van der Waals surface area contributed by atoms with Crippen LogP contribution in [-0.2, 0) is 16.6 Å². The Kier molecular flexibility index (Phi) is 6.24. The van der Waals surface area contributed by atoms with Crippen molar-refractivity contribution in [2.24, 2.45) is 5.73 Å². The molecule has 1 heterocycles. The molecule has 1 aromatic rings. The minimum atomic E-state index is -3.49. The van der Waals surface area contributed by atoms with Crippen molar-refractivity contribution in [2.45, 2.75) is 30.5 Å². The zero-order chi connectivity index (χ0) is 13.6. The summed E-state index contributed by atoms with van der Waals surface area (Å²) in [5, 5.41) is 8.97. The average Bonchev–Trinajstić information content (AvgIpc) is 2.83. The van der Waals surface area contributed by atoms with Crippen molar-refractivity contribution in [3.63, 3.8) is 0 Å². The molecular formula is C11H20N2O3S2. The molecule has 1 aromatic heterocycles. The van der Waals surface area contributed by atoms with Gasteiger partial charge in [-0.2, -0.15) is 4.31 Å². The molecule has 18 heavy (non-hydrogen) atoms. The maximum absolute atomic E-state index is 12.3. The van der Waals surface area contributed by atoms with E-state index in [1.54, 1.807) is 12.1 Å². The number of unbranched alkanes of at least 4 members (excludes halogenated alkanes) is 1. The quantitative estimate of drug-likeness (QED) is 0.748. The predicted octanol–water partition coefficient (Wildman–Crippen LogP) is 0.990. The molecule has 0 amide bonds. The molecule has 0 radical (unpaired) electrons. The molecule has 0 aliphatic heterocycles. The molecule has 0 spiro atoms. The summed E-state index contributed by atoms with van der Waals surface area (Å²) in [7, 11) is -3.49. The second-order valence-electron chi connectivity index (χ2n) is 3.91. The summed E-state index contributed by atoms with van der Waals surface area (Å²) in [5.74, 6) is 0. The van der Waals surface area contributed by atoms with Crippen molar-refractivity contribution in [1.82, 2.24) is 4.31 Å². The van der Waals surface area contributed by atoms with E-state index in [0.29, 0.717) is 17.3 Å². The second kappa shape index (κ2) is 7.20. The number of thiophene rings is 1. The molecule has 0 atom stereocenters. The van der Waals surface area contributed by atoms with Crippen LogP contribution in [0, 0.1) is 0 Å². The van der Waals surface area contributed by atoms with Gasteiger partial charge in [-0.1, -0.05) is 13.3 Å². The maximum atomic E-state index is 12.3. The summed E-state index contributed by atoms with van der Waals surface area (Å²) in [6.45, 7) is 2.75. The first kappa shape index (κ1) is 15.6. The fourth-order valence-electron chi connectivity index (χ4n) is 1.53. The minimum absolute atomic E-state index is 0.137. The summed E-state index contributed by atoms with van der Waals surface area (Å²) in [6, 6.07) is 3.31. The highest BCUT2D eigenvalue weighted by Gasteiger charge is 2.25. The van der Waals surface area contributed by atoms with Crippen LogP contribution < -0.4 is 5.73 Å². The van der Waals surface area contributed by atoms with Crippen LogP contribution in [0.15, 0.2) is 16.3 Å². The molecule has 104 valence electrons. The van der Waals surface area contributed by atoms with E-state index in [4.69, 9.17) is 10.8 Å². The SMILES string of the molecule is CCCCN(CCO)S(=O)(=O)c1ccc(CN)s1. The highest BCUT2D eigenvalue weighted by molar-refractivity contribution is 7.91. The smallest absolute Gasteiger partial charge is 0.252 e. The van der Waals surface area contributed by atoms with Crippen molar-refractivity contribution in [3.8, 4) is 0 Å². The largest absolute Gasteiger partial charge is 0.395 e. The number of hydrogen-bond donors (Lipinski definition) is 2. The fourth-order valence-corrected chi connectivity index (χ4v) is 4.39. The Balaban J connectivity index is 2.92. The summed E-state index contributed by atoms with van der Waals surface area (Å²) in [6.07, 6.45) is 1.70. The molecule has 7 heteroatoms. The Morgan fingerprint density at radius 2 is 2.11 bits per heavy atom. The lowest BCUT2D eigenvalue weighted by Crippen LogP contribution is -2.34. The Morgan fingerprint density at radius 3 is 2.61 bits per heavy atom. The van der Waals surface area contributed by atoms with Crippen molar-refractivity contribution in [3.05, 3.63) is 17.0 Å². The molecule has 0 aliphatic rings. The molecule has 0 saturated heterocycles. The van der Waals surface area contributed by atoms with Gasteiger partial charge in [0.15, 0.2) is 0 Å². The van der Waals surface area contributed by atoms with Crippen LogP contribution in [0.2, 0.25) is 0 Å². The van der Waals surface area contributed by atoms with E-state index in [0.717, 1.165) is 17.7 Å². The van der Waals surface area contributed by atoms with E-state index in [9.17, 15) is 8.42 Å². The fraction of sp³-hybridized carbons (Fsp3) is 0.636. The van der Waals surface area contributed by atoms with E-state index in [1.165, 1.54) is 15.6 Å². The Hall–Kier alpha value is -0.470. The van der Waals surface area contributed by atoms with E-state index >= 15 is 0 Å². The van der Waals surface area contributed by atoms with Crippen LogP contribution in [-0.4, -0.2) is 37.5 Å². The van der Waals surface area contributed by atoms with Crippen LogP contribution in [0.1, 0.15) is 24.6 Å². The molecular weight excluding hydrogens is 272 g/mol. The number of sulfonamides is 1. The van der Waals surface area contributed by atoms with Gasteiger partial charge in [-0.05, 0) is 18.6 Å². The van der Waals surface area contributed by atoms with Crippen LogP contribution in [0.25, 0.3) is 0 Å². The zero-order valence-electron chi connectivity index (χ0n) is 10.5. The van der Waals surface area contributed by atoms with Crippen molar-refractivity contribution in [1.29, 1.82) is 0 Å².